The number of nitrogen functional groups attached to an aromatic ring is 1. The highest BCUT2D eigenvalue weighted by molar-refractivity contribution is 14.1. The Kier molecular flexibility index (Phi) is 2.26. The Morgan fingerprint density at radius 1 is 1.50 bits per heavy atom. The van der Waals surface area contributed by atoms with Crippen LogP contribution in [-0.4, -0.2) is 6.21 Å². The highest BCUT2D eigenvalue weighted by atomic mass is 127. The molecule has 0 saturated heterocycles. The van der Waals surface area contributed by atoms with Crippen LogP contribution in [0.3, 0.4) is 0 Å². The largest absolute Gasteiger partial charge is 0.398 e. The number of anilines is 1. The Bertz CT molecular complexity index is 238. The van der Waals surface area contributed by atoms with Gasteiger partial charge in [-0.05, 0) is 34.7 Å². The van der Waals surface area contributed by atoms with E-state index in [9.17, 15) is 0 Å². The van der Waals surface area contributed by atoms with Crippen molar-refractivity contribution in [2.24, 2.45) is 0 Å². The monoisotopic (exact) mass is 247 g/mol. The smallest absolute Gasteiger partial charge is 0.170 e. The Balaban J connectivity index is 3.30. The molecule has 0 unspecified atom stereocenters. The van der Waals surface area contributed by atoms with Gasteiger partial charge in [-0.2, -0.15) is 0 Å². The van der Waals surface area contributed by atoms with Crippen LogP contribution in [-0.2, 0) is 0 Å². The van der Waals surface area contributed by atoms with Crippen LogP contribution in [0.4, 0.5) is 5.69 Å². The minimum Gasteiger partial charge on any atom is -0.398 e. The maximum absolute atomic E-state index is 5.62. The molecule has 0 radical (unpaired) electrons. The number of hydrogen-bond donors (Lipinski definition) is 2. The highest BCUT2D eigenvalue weighted by Crippen LogP contribution is 2.15. The van der Waals surface area contributed by atoms with Crippen LogP contribution in [0.2, 0.25) is 0 Å². The summed E-state index contributed by atoms with van der Waals surface area (Å²) in [6.07, 6.45) is 1.52. The lowest BCUT2D eigenvalue weighted by Gasteiger charge is -1.97. The third-order valence-corrected chi connectivity index (χ3v) is 2.19. The predicted octanol–water partition coefficient (Wildman–Crippen LogP) is 0.0514. The summed E-state index contributed by atoms with van der Waals surface area (Å²) >= 11 is 2.19. The van der Waals surface area contributed by atoms with Crippen molar-refractivity contribution >= 4 is 34.5 Å². The molecule has 0 amide bonds. The van der Waals surface area contributed by atoms with E-state index in [4.69, 9.17) is 11.1 Å². The summed E-state index contributed by atoms with van der Waals surface area (Å²) in [5.74, 6) is 0. The van der Waals surface area contributed by atoms with E-state index in [1.165, 1.54) is 6.21 Å². The van der Waals surface area contributed by atoms with Gasteiger partial charge in [-0.1, -0.05) is 6.07 Å². The summed E-state index contributed by atoms with van der Waals surface area (Å²) in [5, 5.41) is 5.34. The molecule has 0 heterocycles. The van der Waals surface area contributed by atoms with Crippen LogP contribution in [0, 0.1) is 3.57 Å². The van der Waals surface area contributed by atoms with Crippen molar-refractivity contribution in [1.82, 2.24) is 0 Å². The van der Waals surface area contributed by atoms with Crippen molar-refractivity contribution in [3.8, 4) is 0 Å². The number of rotatable bonds is 1. The average molecular weight is 247 g/mol. The summed E-state index contributed by atoms with van der Waals surface area (Å²) in [6.45, 7) is 0. The summed E-state index contributed by atoms with van der Waals surface area (Å²) in [7, 11) is 0. The van der Waals surface area contributed by atoms with Crippen molar-refractivity contribution in [1.29, 1.82) is 0 Å². The van der Waals surface area contributed by atoms with Crippen molar-refractivity contribution in [2.45, 2.75) is 0 Å². The average Bonchev–Trinajstić information content (AvgIpc) is 1.88. The summed E-state index contributed by atoms with van der Waals surface area (Å²) in [5.41, 5.74) is 7.27. The maximum atomic E-state index is 5.62. The summed E-state index contributed by atoms with van der Waals surface area (Å²) in [6, 6.07) is 5.71. The van der Waals surface area contributed by atoms with E-state index in [0.29, 0.717) is 0 Å². The molecule has 0 saturated carbocycles. The zero-order chi connectivity index (χ0) is 7.56. The lowest BCUT2D eigenvalue weighted by atomic mass is 10.2. The highest BCUT2D eigenvalue weighted by Gasteiger charge is 2.00. The third-order valence-electron chi connectivity index (χ3n) is 1.25. The van der Waals surface area contributed by atoms with Crippen LogP contribution < -0.4 is 11.1 Å². The van der Waals surface area contributed by atoms with E-state index in [2.05, 4.69) is 22.6 Å². The molecule has 0 bridgehead atoms. The van der Waals surface area contributed by atoms with Crippen molar-refractivity contribution in [2.75, 3.05) is 5.73 Å². The van der Waals surface area contributed by atoms with Crippen molar-refractivity contribution < 1.29 is 5.41 Å². The van der Waals surface area contributed by atoms with E-state index in [0.717, 1.165) is 14.8 Å². The predicted molar refractivity (Wildman–Crippen MR) is 50.7 cm³/mol. The molecular weight excluding hydrogens is 239 g/mol. The van der Waals surface area contributed by atoms with E-state index in [-0.39, 0.29) is 0 Å². The van der Waals surface area contributed by atoms with E-state index in [1.54, 1.807) is 0 Å². The molecule has 2 nitrogen and oxygen atoms in total. The second-order valence-electron chi connectivity index (χ2n) is 1.91. The fourth-order valence-electron chi connectivity index (χ4n) is 0.730. The molecule has 10 heavy (non-hydrogen) atoms. The van der Waals surface area contributed by atoms with Crippen LogP contribution in [0.5, 0.6) is 0 Å². The number of nitrogens with two attached hydrogens (primary N) is 2. The van der Waals surface area contributed by atoms with Gasteiger partial charge in [0, 0.05) is 9.26 Å². The minimum absolute atomic E-state index is 0.731. The molecule has 0 aliphatic carbocycles. The van der Waals surface area contributed by atoms with Crippen molar-refractivity contribution in [3.63, 3.8) is 0 Å². The zero-order valence-electron chi connectivity index (χ0n) is 5.34. The molecule has 52 valence electrons. The molecule has 0 atom stereocenters. The van der Waals surface area contributed by atoms with E-state index < -0.39 is 0 Å². The van der Waals surface area contributed by atoms with Crippen LogP contribution in [0.15, 0.2) is 18.2 Å². The van der Waals surface area contributed by atoms with Crippen LogP contribution in [0.1, 0.15) is 5.56 Å². The molecule has 1 rings (SSSR count). The molecular formula is C7H8IN2+. The lowest BCUT2D eigenvalue weighted by Crippen LogP contribution is -2.30. The number of benzene rings is 1. The first-order valence-electron chi connectivity index (χ1n) is 2.84. The standard InChI is InChI=1S/C7H7IN2/c8-6-2-1-3-7(10)5(6)4-9/h1-4,9H,10H2/p+1. The summed E-state index contributed by atoms with van der Waals surface area (Å²) < 4.78 is 1.08. The van der Waals surface area contributed by atoms with Gasteiger partial charge in [0.05, 0.1) is 5.56 Å². The molecule has 4 N–H and O–H groups in total. The zero-order valence-corrected chi connectivity index (χ0v) is 7.50. The Labute approximate surface area is 73.1 Å². The minimum atomic E-state index is 0.731. The fourth-order valence-corrected chi connectivity index (χ4v) is 1.43. The lowest BCUT2D eigenvalue weighted by molar-refractivity contribution is -0.104. The summed E-state index contributed by atoms with van der Waals surface area (Å²) in [4.78, 5) is 0. The Morgan fingerprint density at radius 2 is 2.20 bits per heavy atom. The number of halogens is 1. The van der Waals surface area contributed by atoms with E-state index >= 15 is 0 Å². The van der Waals surface area contributed by atoms with Crippen LogP contribution >= 0.6 is 22.6 Å². The maximum Gasteiger partial charge on any atom is 0.170 e. The van der Waals surface area contributed by atoms with Gasteiger partial charge in [-0.15, -0.1) is 0 Å². The Hall–Kier alpha value is -0.580. The van der Waals surface area contributed by atoms with Gasteiger partial charge < -0.3 is 5.73 Å². The third kappa shape index (κ3) is 1.29. The van der Waals surface area contributed by atoms with Gasteiger partial charge >= 0.3 is 0 Å². The SMILES string of the molecule is Nc1cccc(I)c1C=[NH2+]. The quantitative estimate of drug-likeness (QED) is 0.411. The second-order valence-corrected chi connectivity index (χ2v) is 3.07. The fraction of sp³-hybridized carbons (Fsp3) is 0. The van der Waals surface area contributed by atoms with E-state index in [1.807, 2.05) is 18.2 Å². The molecule has 0 aromatic heterocycles. The molecule has 0 aliphatic heterocycles. The normalized spacial score (nSPS) is 9.30. The molecule has 0 aliphatic rings. The molecule has 0 fully saturated rings. The second kappa shape index (κ2) is 3.01. The number of hydrogen-bond acceptors (Lipinski definition) is 1. The van der Waals surface area contributed by atoms with Gasteiger partial charge in [0.1, 0.15) is 0 Å². The van der Waals surface area contributed by atoms with Gasteiger partial charge in [0.25, 0.3) is 0 Å². The first-order chi connectivity index (χ1) is 4.75. The first-order valence-corrected chi connectivity index (χ1v) is 3.92. The molecule has 3 heteroatoms. The van der Waals surface area contributed by atoms with Crippen molar-refractivity contribution in [3.05, 3.63) is 27.3 Å². The van der Waals surface area contributed by atoms with Gasteiger partial charge in [-0.25, -0.2) is 0 Å². The van der Waals surface area contributed by atoms with Gasteiger partial charge in [-0.3, -0.25) is 5.41 Å². The van der Waals surface area contributed by atoms with Crippen LogP contribution in [0.25, 0.3) is 0 Å². The molecule has 0 spiro atoms. The molecule has 1 aromatic rings. The van der Waals surface area contributed by atoms with Gasteiger partial charge in [0.15, 0.2) is 6.21 Å². The first kappa shape index (κ1) is 7.53. The molecule has 1 aromatic carbocycles. The topological polar surface area (TPSA) is 51.6 Å². The Morgan fingerprint density at radius 3 is 2.60 bits per heavy atom. The van der Waals surface area contributed by atoms with Gasteiger partial charge in [0.2, 0.25) is 0 Å².